The van der Waals surface area contributed by atoms with Crippen molar-refractivity contribution in [2.24, 2.45) is 7.05 Å². The number of hydrogen-bond acceptors (Lipinski definition) is 4. The van der Waals surface area contributed by atoms with E-state index in [0.29, 0.717) is 16.7 Å². The van der Waals surface area contributed by atoms with Gasteiger partial charge in [-0.05, 0) is 12.5 Å². The summed E-state index contributed by atoms with van der Waals surface area (Å²) in [6.07, 6.45) is 2.43. The zero-order valence-electron chi connectivity index (χ0n) is 8.48. The molecular weight excluding hydrogens is 214 g/mol. The minimum Gasteiger partial charge on any atom is -0.232 e. The van der Waals surface area contributed by atoms with Crippen molar-refractivity contribution >= 4 is 11.6 Å². The van der Waals surface area contributed by atoms with E-state index in [9.17, 15) is 0 Å². The molecule has 0 aliphatic heterocycles. The molecule has 5 nitrogen and oxygen atoms in total. The molecule has 0 fully saturated rings. The Labute approximate surface area is 92.1 Å². The fourth-order valence-electron chi connectivity index (χ4n) is 1.21. The molecule has 0 N–H and O–H groups in total. The highest BCUT2D eigenvalue weighted by Crippen LogP contribution is 2.15. The van der Waals surface area contributed by atoms with Gasteiger partial charge in [0, 0.05) is 12.7 Å². The molecule has 2 aromatic heterocycles. The van der Waals surface area contributed by atoms with Crippen LogP contribution >= 0.6 is 11.6 Å². The van der Waals surface area contributed by atoms with Gasteiger partial charge >= 0.3 is 0 Å². The van der Waals surface area contributed by atoms with Crippen molar-refractivity contribution in [3.63, 3.8) is 0 Å². The first-order chi connectivity index (χ1) is 7.19. The third-order valence-corrected chi connectivity index (χ3v) is 2.13. The number of aryl methyl sites for hydroxylation is 2. The van der Waals surface area contributed by atoms with Gasteiger partial charge in [-0.25, -0.2) is 9.97 Å². The zero-order chi connectivity index (χ0) is 10.8. The molecule has 15 heavy (non-hydrogen) atoms. The van der Waals surface area contributed by atoms with E-state index < -0.39 is 0 Å². The number of hydrogen-bond donors (Lipinski definition) is 0. The summed E-state index contributed by atoms with van der Waals surface area (Å²) >= 11 is 5.88. The summed E-state index contributed by atoms with van der Waals surface area (Å²) in [6.45, 7) is 2.01. The second kappa shape index (κ2) is 3.94. The summed E-state index contributed by atoms with van der Waals surface area (Å²) in [6, 6.07) is 1.75. The molecule has 2 rings (SSSR count). The van der Waals surface area contributed by atoms with E-state index in [1.165, 1.54) is 4.80 Å². The van der Waals surface area contributed by atoms with E-state index in [1.807, 2.05) is 6.92 Å². The third kappa shape index (κ3) is 2.12. The largest absolute Gasteiger partial charge is 0.232 e. The third-order valence-electron chi connectivity index (χ3n) is 1.94. The van der Waals surface area contributed by atoms with Crippen LogP contribution in [0, 0.1) is 0 Å². The van der Waals surface area contributed by atoms with E-state index in [1.54, 1.807) is 19.3 Å². The van der Waals surface area contributed by atoms with E-state index in [2.05, 4.69) is 20.2 Å². The summed E-state index contributed by atoms with van der Waals surface area (Å²) in [5.74, 6) is 0.521. The maximum atomic E-state index is 5.88. The normalized spacial score (nSPS) is 10.6. The van der Waals surface area contributed by atoms with Gasteiger partial charge in [0.05, 0.1) is 6.20 Å². The smallest absolute Gasteiger partial charge is 0.183 e. The highest BCUT2D eigenvalue weighted by atomic mass is 35.5. The van der Waals surface area contributed by atoms with Crippen LogP contribution in [0.2, 0.25) is 5.15 Å². The van der Waals surface area contributed by atoms with Crippen LogP contribution < -0.4 is 0 Å². The Bertz CT molecular complexity index is 479. The van der Waals surface area contributed by atoms with Gasteiger partial charge in [0.15, 0.2) is 5.82 Å². The van der Waals surface area contributed by atoms with Gasteiger partial charge in [0.1, 0.15) is 10.8 Å². The lowest BCUT2D eigenvalue weighted by Gasteiger charge is -1.99. The Morgan fingerprint density at radius 2 is 2.20 bits per heavy atom. The second-order valence-electron chi connectivity index (χ2n) is 3.08. The summed E-state index contributed by atoms with van der Waals surface area (Å²) in [7, 11) is 1.74. The van der Waals surface area contributed by atoms with Gasteiger partial charge in [0.2, 0.25) is 0 Å². The van der Waals surface area contributed by atoms with Gasteiger partial charge in [-0.15, -0.1) is 0 Å². The standard InChI is InChI=1S/C9H10ClN5/c1-3-6-4-8(10)13-9(12-6)7-5-11-15(2)14-7/h4-5H,3H2,1-2H3. The van der Waals surface area contributed by atoms with Gasteiger partial charge < -0.3 is 0 Å². The SMILES string of the molecule is CCc1cc(Cl)nc(-c2cnn(C)n2)n1. The first-order valence-electron chi connectivity index (χ1n) is 4.59. The molecule has 0 radical (unpaired) electrons. The van der Waals surface area contributed by atoms with Crippen LogP contribution in [0.1, 0.15) is 12.6 Å². The maximum Gasteiger partial charge on any atom is 0.183 e. The van der Waals surface area contributed by atoms with Crippen molar-refractivity contribution in [3.05, 3.63) is 23.1 Å². The predicted octanol–water partition coefficient (Wildman–Crippen LogP) is 1.49. The lowest BCUT2D eigenvalue weighted by Crippen LogP contribution is -1.97. The fourth-order valence-corrected chi connectivity index (χ4v) is 1.41. The zero-order valence-corrected chi connectivity index (χ0v) is 9.23. The minimum atomic E-state index is 0.433. The van der Waals surface area contributed by atoms with Gasteiger partial charge in [-0.1, -0.05) is 18.5 Å². The monoisotopic (exact) mass is 223 g/mol. The van der Waals surface area contributed by atoms with E-state index in [-0.39, 0.29) is 0 Å². The molecule has 78 valence electrons. The number of nitrogens with zero attached hydrogens (tertiary/aromatic N) is 5. The quantitative estimate of drug-likeness (QED) is 0.724. The first-order valence-corrected chi connectivity index (χ1v) is 4.97. The molecule has 2 aromatic rings. The van der Waals surface area contributed by atoms with Crippen LogP contribution in [0.3, 0.4) is 0 Å². The van der Waals surface area contributed by atoms with Crippen LogP contribution in [0.5, 0.6) is 0 Å². The molecule has 0 saturated carbocycles. The Balaban J connectivity index is 2.48. The van der Waals surface area contributed by atoms with Crippen molar-refractivity contribution in [1.29, 1.82) is 0 Å². The molecule has 0 aliphatic carbocycles. The Kier molecular flexibility index (Phi) is 2.64. The molecule has 0 aromatic carbocycles. The number of rotatable bonds is 2. The molecule has 0 amide bonds. The van der Waals surface area contributed by atoms with Crippen LogP contribution in [-0.2, 0) is 13.5 Å². The van der Waals surface area contributed by atoms with Gasteiger partial charge in [-0.3, -0.25) is 0 Å². The fraction of sp³-hybridized carbons (Fsp3) is 0.333. The van der Waals surface area contributed by atoms with Crippen molar-refractivity contribution in [1.82, 2.24) is 25.0 Å². The Hall–Kier alpha value is -1.49. The average Bonchev–Trinajstić information content (AvgIpc) is 2.64. The molecule has 0 unspecified atom stereocenters. The molecule has 0 bridgehead atoms. The van der Waals surface area contributed by atoms with Gasteiger partial charge in [0.25, 0.3) is 0 Å². The number of aromatic nitrogens is 5. The number of halogens is 1. The van der Waals surface area contributed by atoms with Gasteiger partial charge in [-0.2, -0.15) is 15.0 Å². The molecule has 2 heterocycles. The molecule has 6 heteroatoms. The molecule has 0 aliphatic rings. The van der Waals surface area contributed by atoms with Crippen LogP contribution in [0.15, 0.2) is 12.3 Å². The summed E-state index contributed by atoms with van der Waals surface area (Å²) in [5.41, 5.74) is 1.53. The van der Waals surface area contributed by atoms with Crippen molar-refractivity contribution in [2.75, 3.05) is 0 Å². The predicted molar refractivity (Wildman–Crippen MR) is 56.4 cm³/mol. The molecule has 0 atom stereocenters. The topological polar surface area (TPSA) is 56.5 Å². The van der Waals surface area contributed by atoms with Crippen molar-refractivity contribution in [2.45, 2.75) is 13.3 Å². The molecule has 0 saturated heterocycles. The lowest BCUT2D eigenvalue weighted by molar-refractivity contribution is 0.655. The lowest BCUT2D eigenvalue weighted by atomic mass is 10.3. The Morgan fingerprint density at radius 1 is 1.40 bits per heavy atom. The summed E-state index contributed by atoms with van der Waals surface area (Å²) < 4.78 is 0. The summed E-state index contributed by atoms with van der Waals surface area (Å²) in [4.78, 5) is 9.89. The minimum absolute atomic E-state index is 0.433. The molecule has 0 spiro atoms. The van der Waals surface area contributed by atoms with Crippen LogP contribution in [0.25, 0.3) is 11.5 Å². The van der Waals surface area contributed by atoms with E-state index in [0.717, 1.165) is 12.1 Å². The maximum absolute atomic E-state index is 5.88. The second-order valence-corrected chi connectivity index (χ2v) is 3.47. The average molecular weight is 224 g/mol. The Morgan fingerprint density at radius 3 is 2.80 bits per heavy atom. The van der Waals surface area contributed by atoms with Crippen LogP contribution in [-0.4, -0.2) is 25.0 Å². The molecular formula is C9H10ClN5. The van der Waals surface area contributed by atoms with Crippen molar-refractivity contribution < 1.29 is 0 Å². The van der Waals surface area contributed by atoms with Crippen molar-refractivity contribution in [3.8, 4) is 11.5 Å². The van der Waals surface area contributed by atoms with E-state index >= 15 is 0 Å². The highest BCUT2D eigenvalue weighted by Gasteiger charge is 2.08. The van der Waals surface area contributed by atoms with E-state index in [4.69, 9.17) is 11.6 Å². The van der Waals surface area contributed by atoms with Crippen LogP contribution in [0.4, 0.5) is 0 Å². The summed E-state index contributed by atoms with van der Waals surface area (Å²) in [5, 5.41) is 8.51. The highest BCUT2D eigenvalue weighted by molar-refractivity contribution is 6.29. The first kappa shape index (κ1) is 10.0.